The molecule has 79 valence electrons. The van der Waals surface area contributed by atoms with Crippen molar-refractivity contribution >= 4 is 11.6 Å². The minimum absolute atomic E-state index is 0.908. The van der Waals surface area contributed by atoms with Crippen molar-refractivity contribution in [1.29, 1.82) is 0 Å². The van der Waals surface area contributed by atoms with Crippen LogP contribution in [0.25, 0.3) is 0 Å². The van der Waals surface area contributed by atoms with Gasteiger partial charge in [0.25, 0.3) is 0 Å². The van der Waals surface area contributed by atoms with E-state index >= 15 is 0 Å². The van der Waals surface area contributed by atoms with Crippen LogP contribution in [0.2, 0.25) is 0 Å². The van der Waals surface area contributed by atoms with Crippen molar-refractivity contribution in [2.24, 2.45) is 0 Å². The molecule has 15 heavy (non-hydrogen) atoms. The van der Waals surface area contributed by atoms with Crippen LogP contribution < -0.4 is 0 Å². The predicted octanol–water partition coefficient (Wildman–Crippen LogP) is 4.27. The molecule has 2 aliphatic carbocycles. The second-order valence-electron chi connectivity index (χ2n) is 4.15. The first-order chi connectivity index (χ1) is 7.24. The van der Waals surface area contributed by atoms with Gasteiger partial charge in [-0.15, -0.1) is 0 Å². The number of allylic oxidation sites excluding steroid dienone is 8. The van der Waals surface area contributed by atoms with Crippen molar-refractivity contribution in [2.75, 3.05) is 3.59 Å². The molecule has 0 radical (unpaired) electrons. The van der Waals surface area contributed by atoms with Crippen LogP contribution in [0.4, 0.5) is 0 Å². The van der Waals surface area contributed by atoms with E-state index in [9.17, 15) is 0 Å². The molecule has 0 saturated carbocycles. The Kier molecular flexibility index (Phi) is 3.85. The van der Waals surface area contributed by atoms with Gasteiger partial charge in [0.05, 0.1) is 0 Å². The molecule has 0 fully saturated rings. The molecule has 0 N–H and O–H groups in total. The van der Waals surface area contributed by atoms with Gasteiger partial charge < -0.3 is 0 Å². The van der Waals surface area contributed by atoms with Gasteiger partial charge in [0.15, 0.2) is 0 Å². The summed E-state index contributed by atoms with van der Waals surface area (Å²) in [6.07, 6.45) is 11.4. The summed E-state index contributed by atoms with van der Waals surface area (Å²) < 4.78 is 4.33. The van der Waals surface area contributed by atoms with Gasteiger partial charge in [-0.3, -0.25) is 0 Å². The number of hydrogen-bond acceptors (Lipinski definition) is 0. The van der Waals surface area contributed by atoms with Gasteiger partial charge in [-0.05, 0) is 0 Å². The molecule has 0 aliphatic heterocycles. The van der Waals surface area contributed by atoms with Crippen molar-refractivity contribution in [3.8, 4) is 0 Å². The van der Waals surface area contributed by atoms with E-state index in [1.165, 1.54) is 24.0 Å². The molecule has 0 aromatic carbocycles. The molecular formula is C13H16ClZr. The van der Waals surface area contributed by atoms with Crippen LogP contribution in [0.5, 0.6) is 0 Å². The van der Waals surface area contributed by atoms with E-state index in [0.29, 0.717) is 0 Å². The molecule has 0 spiro atoms. The van der Waals surface area contributed by atoms with Gasteiger partial charge >= 0.3 is 106 Å². The van der Waals surface area contributed by atoms with Gasteiger partial charge in [-0.1, -0.05) is 0 Å². The molecule has 0 atom stereocenters. The molecule has 0 aromatic heterocycles. The zero-order chi connectivity index (χ0) is 10.8. The van der Waals surface area contributed by atoms with Crippen molar-refractivity contribution in [1.82, 2.24) is 0 Å². The van der Waals surface area contributed by atoms with E-state index in [0.717, 1.165) is 3.59 Å². The van der Waals surface area contributed by atoms with Crippen LogP contribution in [0.3, 0.4) is 0 Å². The molecule has 0 amide bonds. The molecule has 0 heterocycles. The summed E-state index contributed by atoms with van der Waals surface area (Å²) in [5, 5.41) is 0. The summed E-state index contributed by atoms with van der Waals surface area (Å²) in [5.74, 6) is 0. The molecule has 0 unspecified atom stereocenters. The van der Waals surface area contributed by atoms with Gasteiger partial charge in [0.2, 0.25) is 0 Å². The van der Waals surface area contributed by atoms with Crippen molar-refractivity contribution < 1.29 is 21.8 Å². The SMILES string of the molecule is CC1=[C]([Zr]([CH2]Cl)[C]2=C(C)C=CC2)CC=C1. The number of hydrogen-bond donors (Lipinski definition) is 0. The third-order valence-electron chi connectivity index (χ3n) is 3.19. The topological polar surface area (TPSA) is 0 Å². The summed E-state index contributed by atoms with van der Waals surface area (Å²) >= 11 is 4.57. The Bertz CT molecular complexity index is 349. The average Bonchev–Trinajstić information content (AvgIpc) is 2.80. The zero-order valence-electron chi connectivity index (χ0n) is 9.31. The summed E-state index contributed by atoms with van der Waals surface area (Å²) in [6, 6.07) is 0. The van der Waals surface area contributed by atoms with Crippen molar-refractivity contribution in [2.45, 2.75) is 26.7 Å². The monoisotopic (exact) mass is 297 g/mol. The van der Waals surface area contributed by atoms with E-state index in [-0.39, 0.29) is 0 Å². The fourth-order valence-electron chi connectivity index (χ4n) is 2.30. The Labute approximate surface area is 105 Å². The Balaban J connectivity index is 2.26. The number of halogens is 1. The number of alkyl halides is 1. The van der Waals surface area contributed by atoms with Gasteiger partial charge in [0, 0.05) is 0 Å². The van der Waals surface area contributed by atoms with Crippen LogP contribution >= 0.6 is 11.6 Å². The Morgan fingerprint density at radius 3 is 1.80 bits per heavy atom. The molecule has 0 aromatic rings. The molecule has 0 bridgehead atoms. The van der Waals surface area contributed by atoms with Crippen molar-refractivity contribution in [3.05, 3.63) is 42.0 Å². The van der Waals surface area contributed by atoms with Crippen LogP contribution in [-0.2, 0) is 21.8 Å². The molecule has 0 nitrogen and oxygen atoms in total. The van der Waals surface area contributed by atoms with Crippen LogP contribution in [-0.4, -0.2) is 3.59 Å². The fraction of sp³-hybridized carbons (Fsp3) is 0.385. The maximum absolute atomic E-state index is 6.22. The maximum atomic E-state index is 6.22. The van der Waals surface area contributed by atoms with Gasteiger partial charge in [-0.2, -0.15) is 0 Å². The first-order valence-electron chi connectivity index (χ1n) is 5.39. The second kappa shape index (κ2) is 4.98. The molecular weight excluding hydrogens is 283 g/mol. The summed E-state index contributed by atoms with van der Waals surface area (Å²) in [7, 11) is 0. The normalized spacial score (nSPS) is 19.7. The summed E-state index contributed by atoms with van der Waals surface area (Å²) in [6.45, 7) is 4.48. The Morgan fingerprint density at radius 2 is 1.53 bits per heavy atom. The van der Waals surface area contributed by atoms with Crippen LogP contribution in [0.1, 0.15) is 26.7 Å². The first kappa shape index (κ1) is 11.6. The quantitative estimate of drug-likeness (QED) is 0.683. The summed E-state index contributed by atoms with van der Waals surface area (Å²) in [4.78, 5) is 0. The van der Waals surface area contributed by atoms with E-state index in [2.05, 4.69) is 38.2 Å². The first-order valence-corrected chi connectivity index (χ1v) is 10.1. The molecule has 2 rings (SSSR count). The van der Waals surface area contributed by atoms with E-state index in [1.807, 2.05) is 0 Å². The summed E-state index contributed by atoms with van der Waals surface area (Å²) in [5.41, 5.74) is 2.99. The Hall–Kier alpha value is 0.133. The van der Waals surface area contributed by atoms with E-state index in [4.69, 9.17) is 11.6 Å². The van der Waals surface area contributed by atoms with Crippen LogP contribution in [0.15, 0.2) is 42.0 Å². The minimum atomic E-state index is -1.65. The predicted molar refractivity (Wildman–Crippen MR) is 63.6 cm³/mol. The number of rotatable bonds is 3. The Morgan fingerprint density at radius 1 is 1.07 bits per heavy atom. The van der Waals surface area contributed by atoms with E-state index in [1.54, 1.807) is 6.56 Å². The fourth-order valence-corrected chi connectivity index (χ4v) is 10.4. The molecule has 2 heteroatoms. The zero-order valence-corrected chi connectivity index (χ0v) is 12.5. The third kappa shape index (κ3) is 2.29. The van der Waals surface area contributed by atoms with Crippen molar-refractivity contribution in [3.63, 3.8) is 0 Å². The second-order valence-corrected chi connectivity index (χ2v) is 11.7. The average molecular weight is 299 g/mol. The molecule has 2 aliphatic rings. The van der Waals surface area contributed by atoms with Crippen LogP contribution in [0, 0.1) is 0 Å². The van der Waals surface area contributed by atoms with Gasteiger partial charge in [-0.25, -0.2) is 0 Å². The van der Waals surface area contributed by atoms with Gasteiger partial charge in [0.1, 0.15) is 0 Å². The molecule has 0 saturated heterocycles. The third-order valence-corrected chi connectivity index (χ3v) is 12.0. The van der Waals surface area contributed by atoms with E-state index < -0.39 is 21.8 Å². The standard InChI is InChI=1S/2C6H7.CH2Cl.Zr/c2*1-6-4-2-3-5-6;1-2;/h2*2,4H,3H2,1H3;1H2;.